The number of hydrogen-bond donors (Lipinski definition) is 0. The first-order valence-corrected chi connectivity index (χ1v) is 7.12. The molecule has 0 unspecified atom stereocenters. The number of nitrogens with zero attached hydrogens (tertiary/aromatic N) is 2. The Balaban J connectivity index is 1.69. The number of rotatable bonds is 2. The third kappa shape index (κ3) is 2.57. The lowest BCUT2D eigenvalue weighted by Gasteiger charge is -2.33. The van der Waals surface area contributed by atoms with Crippen LogP contribution in [0.1, 0.15) is 25.7 Å². The Morgan fingerprint density at radius 3 is 2.86 bits per heavy atom. The molecule has 1 spiro atoms. The summed E-state index contributed by atoms with van der Waals surface area (Å²) in [4.78, 5) is 29.3. The summed E-state index contributed by atoms with van der Waals surface area (Å²) in [6, 6.07) is 3.63. The Bertz CT molecular complexity index is 538. The zero-order valence-electron chi connectivity index (χ0n) is 11.9. The van der Waals surface area contributed by atoms with Crippen molar-refractivity contribution in [2.45, 2.75) is 31.3 Å². The van der Waals surface area contributed by atoms with E-state index in [-0.39, 0.29) is 18.0 Å². The molecule has 21 heavy (non-hydrogen) atoms. The van der Waals surface area contributed by atoms with Crippen molar-refractivity contribution in [3.8, 4) is 0 Å². The normalized spacial score (nSPS) is 28.5. The average Bonchev–Trinajstić information content (AvgIpc) is 2.84. The molecule has 1 amide bonds. The molecular formula is C15H18N2O4. The third-order valence-electron chi connectivity index (χ3n) is 4.36. The summed E-state index contributed by atoms with van der Waals surface area (Å²) in [5.41, 5.74) is 0.270. The first kappa shape index (κ1) is 13.9. The zero-order chi connectivity index (χ0) is 14.9. The first-order valence-electron chi connectivity index (χ1n) is 7.12. The second kappa shape index (κ2) is 5.35. The number of ether oxygens (including phenoxy) is 2. The van der Waals surface area contributed by atoms with E-state index in [0.717, 1.165) is 5.69 Å². The van der Waals surface area contributed by atoms with Gasteiger partial charge in [-0.1, -0.05) is 0 Å². The third-order valence-corrected chi connectivity index (χ3v) is 4.36. The van der Waals surface area contributed by atoms with E-state index in [1.165, 1.54) is 7.11 Å². The smallest absolute Gasteiger partial charge is 0.415 e. The van der Waals surface area contributed by atoms with Gasteiger partial charge in [0.1, 0.15) is 5.60 Å². The highest BCUT2D eigenvalue weighted by atomic mass is 16.6. The molecule has 0 N–H and O–H groups in total. The fourth-order valence-electron chi connectivity index (χ4n) is 3.14. The highest BCUT2D eigenvalue weighted by molar-refractivity contribution is 5.90. The van der Waals surface area contributed by atoms with Gasteiger partial charge in [0.15, 0.2) is 0 Å². The summed E-state index contributed by atoms with van der Waals surface area (Å²) in [6.07, 6.45) is 5.76. The van der Waals surface area contributed by atoms with Crippen LogP contribution in [0.2, 0.25) is 0 Å². The van der Waals surface area contributed by atoms with Gasteiger partial charge in [0, 0.05) is 6.20 Å². The van der Waals surface area contributed by atoms with E-state index in [4.69, 9.17) is 9.47 Å². The number of pyridine rings is 1. The van der Waals surface area contributed by atoms with E-state index < -0.39 is 5.60 Å². The number of aromatic nitrogens is 1. The maximum atomic E-state index is 12.1. The van der Waals surface area contributed by atoms with Gasteiger partial charge < -0.3 is 9.47 Å². The number of carbonyl (C=O) groups excluding carboxylic acids is 2. The quantitative estimate of drug-likeness (QED) is 0.781. The van der Waals surface area contributed by atoms with Crippen LogP contribution in [0.15, 0.2) is 24.5 Å². The van der Waals surface area contributed by atoms with Gasteiger partial charge in [0.25, 0.3) is 0 Å². The molecule has 2 heterocycles. The maximum Gasteiger partial charge on any atom is 0.415 e. The van der Waals surface area contributed by atoms with Gasteiger partial charge in [-0.2, -0.15) is 0 Å². The topological polar surface area (TPSA) is 68.7 Å². The van der Waals surface area contributed by atoms with Gasteiger partial charge in [-0.25, -0.2) is 4.79 Å². The van der Waals surface area contributed by atoms with E-state index >= 15 is 0 Å². The Hall–Kier alpha value is -2.11. The predicted molar refractivity (Wildman–Crippen MR) is 74.8 cm³/mol. The lowest BCUT2D eigenvalue weighted by Crippen LogP contribution is -2.40. The molecule has 0 radical (unpaired) electrons. The molecule has 6 heteroatoms. The van der Waals surface area contributed by atoms with E-state index in [1.54, 1.807) is 23.4 Å². The predicted octanol–water partition coefficient (Wildman–Crippen LogP) is 2.14. The minimum atomic E-state index is -0.475. The molecule has 2 fully saturated rings. The molecule has 112 valence electrons. The largest absolute Gasteiger partial charge is 0.469 e. The van der Waals surface area contributed by atoms with Crippen LogP contribution in [0.25, 0.3) is 0 Å². The van der Waals surface area contributed by atoms with Gasteiger partial charge in [0.05, 0.1) is 31.5 Å². The van der Waals surface area contributed by atoms with Crippen LogP contribution in [-0.4, -0.2) is 36.3 Å². The van der Waals surface area contributed by atoms with Gasteiger partial charge >= 0.3 is 12.1 Å². The second-order valence-corrected chi connectivity index (χ2v) is 5.65. The molecule has 1 aliphatic heterocycles. The summed E-state index contributed by atoms with van der Waals surface area (Å²) >= 11 is 0. The Labute approximate surface area is 123 Å². The summed E-state index contributed by atoms with van der Waals surface area (Å²) in [5.74, 6) is -0.245. The SMILES string of the molecule is COC(=O)C1CCC2(CC1)CN(c1cccnc1)C(=O)O2. The summed E-state index contributed by atoms with van der Waals surface area (Å²) in [6.45, 7) is 0.519. The van der Waals surface area contributed by atoms with Crippen LogP contribution in [0, 0.1) is 5.92 Å². The molecule has 3 rings (SSSR count). The highest BCUT2D eigenvalue weighted by Gasteiger charge is 2.48. The van der Waals surface area contributed by atoms with Gasteiger partial charge in [-0.15, -0.1) is 0 Å². The zero-order valence-corrected chi connectivity index (χ0v) is 11.9. The number of carbonyl (C=O) groups is 2. The van der Waals surface area contributed by atoms with Crippen molar-refractivity contribution in [3.05, 3.63) is 24.5 Å². The van der Waals surface area contributed by atoms with Crippen LogP contribution in [0.4, 0.5) is 10.5 Å². The molecule has 1 aromatic heterocycles. The van der Waals surface area contributed by atoms with Gasteiger partial charge in [-0.3, -0.25) is 14.7 Å². The summed E-state index contributed by atoms with van der Waals surface area (Å²) < 4.78 is 10.4. The Morgan fingerprint density at radius 2 is 2.24 bits per heavy atom. The first-order chi connectivity index (χ1) is 10.1. The van der Waals surface area contributed by atoms with E-state index in [1.807, 2.05) is 6.07 Å². The van der Waals surface area contributed by atoms with Crippen LogP contribution in [-0.2, 0) is 14.3 Å². The summed E-state index contributed by atoms with van der Waals surface area (Å²) in [5, 5.41) is 0. The molecule has 1 aromatic rings. The molecule has 1 saturated carbocycles. The van der Waals surface area contributed by atoms with Crippen LogP contribution in [0.3, 0.4) is 0 Å². The van der Waals surface area contributed by atoms with Crippen LogP contribution < -0.4 is 4.90 Å². The number of esters is 1. The molecular weight excluding hydrogens is 272 g/mol. The van der Waals surface area contributed by atoms with Crippen molar-refractivity contribution in [2.24, 2.45) is 5.92 Å². The minimum absolute atomic E-state index is 0.0771. The van der Waals surface area contributed by atoms with Crippen molar-refractivity contribution in [2.75, 3.05) is 18.6 Å². The lowest BCUT2D eigenvalue weighted by molar-refractivity contribution is -0.147. The number of anilines is 1. The Morgan fingerprint density at radius 1 is 1.48 bits per heavy atom. The molecule has 0 aromatic carbocycles. The molecule has 0 bridgehead atoms. The lowest BCUT2D eigenvalue weighted by atomic mass is 9.79. The Kier molecular flexibility index (Phi) is 3.53. The van der Waals surface area contributed by atoms with Crippen LogP contribution in [0.5, 0.6) is 0 Å². The van der Waals surface area contributed by atoms with Gasteiger partial charge in [0.2, 0.25) is 0 Å². The van der Waals surface area contributed by atoms with E-state index in [2.05, 4.69) is 4.98 Å². The van der Waals surface area contributed by atoms with Crippen molar-refractivity contribution in [3.63, 3.8) is 0 Å². The fourth-order valence-corrected chi connectivity index (χ4v) is 3.14. The van der Waals surface area contributed by atoms with E-state index in [9.17, 15) is 9.59 Å². The molecule has 1 saturated heterocycles. The molecule has 0 atom stereocenters. The standard InChI is InChI=1S/C15H18N2O4/c1-20-13(18)11-4-6-15(7-5-11)10-17(14(19)21-15)12-3-2-8-16-9-12/h2-3,8-9,11H,4-7,10H2,1H3. The number of hydrogen-bond acceptors (Lipinski definition) is 5. The van der Waals surface area contributed by atoms with Crippen LogP contribution >= 0.6 is 0 Å². The summed E-state index contributed by atoms with van der Waals surface area (Å²) in [7, 11) is 1.41. The van der Waals surface area contributed by atoms with Crippen molar-refractivity contribution in [1.82, 2.24) is 4.98 Å². The fraction of sp³-hybridized carbons (Fsp3) is 0.533. The highest BCUT2D eigenvalue weighted by Crippen LogP contribution is 2.40. The second-order valence-electron chi connectivity index (χ2n) is 5.65. The van der Waals surface area contributed by atoms with Gasteiger partial charge in [-0.05, 0) is 37.8 Å². The molecule has 2 aliphatic rings. The van der Waals surface area contributed by atoms with Crippen molar-refractivity contribution < 1.29 is 19.1 Å². The maximum absolute atomic E-state index is 12.1. The average molecular weight is 290 g/mol. The molecule has 1 aliphatic carbocycles. The minimum Gasteiger partial charge on any atom is -0.469 e. The van der Waals surface area contributed by atoms with E-state index in [0.29, 0.717) is 32.2 Å². The molecule has 6 nitrogen and oxygen atoms in total. The monoisotopic (exact) mass is 290 g/mol. The number of methoxy groups -OCH3 is 1. The number of amides is 1. The van der Waals surface area contributed by atoms with Crippen molar-refractivity contribution in [1.29, 1.82) is 0 Å². The van der Waals surface area contributed by atoms with Crippen molar-refractivity contribution >= 4 is 17.7 Å².